The van der Waals surface area contributed by atoms with Crippen LogP contribution < -0.4 is 5.69 Å². The number of likely N-dealkylation sites (tertiary alicyclic amines) is 1. The fourth-order valence-electron chi connectivity index (χ4n) is 3.65. The van der Waals surface area contributed by atoms with E-state index in [1.807, 2.05) is 0 Å². The van der Waals surface area contributed by atoms with Crippen molar-refractivity contribution < 1.29 is 14.7 Å². The molecular weight excluding hydrogens is 276 g/mol. The van der Waals surface area contributed by atoms with E-state index in [1.54, 1.807) is 0 Å². The highest BCUT2D eigenvalue weighted by Crippen LogP contribution is 2.39. The number of aromatic nitrogens is 3. The highest BCUT2D eigenvalue weighted by Gasteiger charge is 2.47. The Morgan fingerprint density at radius 3 is 2.81 bits per heavy atom. The second-order valence-electron chi connectivity index (χ2n) is 5.79. The lowest BCUT2D eigenvalue weighted by atomic mass is 9.85. The normalized spacial score (nSPS) is 28.4. The number of aromatic amines is 1. The highest BCUT2D eigenvalue weighted by atomic mass is 16.4. The van der Waals surface area contributed by atoms with Crippen molar-refractivity contribution in [1.29, 1.82) is 0 Å². The van der Waals surface area contributed by atoms with E-state index < -0.39 is 17.7 Å². The lowest BCUT2D eigenvalue weighted by Gasteiger charge is -2.33. The van der Waals surface area contributed by atoms with Crippen LogP contribution in [0, 0.1) is 5.92 Å². The van der Waals surface area contributed by atoms with E-state index in [9.17, 15) is 19.5 Å². The van der Waals surface area contributed by atoms with Gasteiger partial charge in [-0.05, 0) is 25.2 Å². The summed E-state index contributed by atoms with van der Waals surface area (Å²) in [5, 5.41) is 15.2. The molecule has 0 aromatic carbocycles. The van der Waals surface area contributed by atoms with E-state index >= 15 is 0 Å². The third-order valence-corrected chi connectivity index (χ3v) is 4.58. The number of nitrogens with one attached hydrogen (secondary N) is 1. The van der Waals surface area contributed by atoms with Crippen LogP contribution in [0.1, 0.15) is 32.1 Å². The van der Waals surface area contributed by atoms with Gasteiger partial charge in [0.1, 0.15) is 18.9 Å². The molecule has 2 heterocycles. The molecule has 114 valence electrons. The number of fused-ring (bicyclic) bond motifs is 1. The molecule has 21 heavy (non-hydrogen) atoms. The molecule has 1 saturated heterocycles. The number of rotatable bonds is 3. The summed E-state index contributed by atoms with van der Waals surface area (Å²) >= 11 is 0. The zero-order chi connectivity index (χ0) is 15.0. The molecule has 1 aliphatic heterocycles. The topological polar surface area (TPSA) is 108 Å². The molecule has 1 saturated carbocycles. The number of aliphatic carboxylic acids is 1. The van der Waals surface area contributed by atoms with E-state index in [0.29, 0.717) is 6.42 Å². The second kappa shape index (κ2) is 5.34. The molecule has 2 aliphatic rings. The van der Waals surface area contributed by atoms with Gasteiger partial charge in [0.05, 0.1) is 0 Å². The Bertz CT molecular complexity index is 607. The molecule has 0 radical (unpaired) electrons. The minimum absolute atomic E-state index is 0.00467. The molecule has 2 N–H and O–H groups in total. The third kappa shape index (κ3) is 2.45. The molecule has 3 rings (SSSR count). The van der Waals surface area contributed by atoms with E-state index in [1.165, 1.54) is 11.2 Å². The number of H-pyrrole nitrogens is 1. The number of carboxylic acid groups (broad SMARTS) is 1. The molecule has 0 spiro atoms. The van der Waals surface area contributed by atoms with Crippen LogP contribution in [0.2, 0.25) is 0 Å². The zero-order valence-electron chi connectivity index (χ0n) is 11.6. The first-order chi connectivity index (χ1) is 10.1. The first kappa shape index (κ1) is 13.8. The van der Waals surface area contributed by atoms with Gasteiger partial charge in [-0.2, -0.15) is 5.10 Å². The summed E-state index contributed by atoms with van der Waals surface area (Å²) in [7, 11) is 0. The summed E-state index contributed by atoms with van der Waals surface area (Å²) in [6.07, 6.45) is 5.71. The molecule has 8 nitrogen and oxygen atoms in total. The molecular formula is C13H18N4O4. The Labute approximate surface area is 120 Å². The third-order valence-electron chi connectivity index (χ3n) is 4.58. The van der Waals surface area contributed by atoms with Crippen LogP contribution >= 0.6 is 0 Å². The predicted molar refractivity (Wildman–Crippen MR) is 71.5 cm³/mol. The maximum Gasteiger partial charge on any atom is 0.343 e. The van der Waals surface area contributed by atoms with E-state index in [0.717, 1.165) is 30.3 Å². The number of amides is 1. The van der Waals surface area contributed by atoms with Gasteiger partial charge >= 0.3 is 11.7 Å². The van der Waals surface area contributed by atoms with Crippen molar-refractivity contribution in [3.63, 3.8) is 0 Å². The van der Waals surface area contributed by atoms with Gasteiger partial charge in [-0.3, -0.25) is 9.36 Å². The first-order valence-electron chi connectivity index (χ1n) is 7.21. The highest BCUT2D eigenvalue weighted by molar-refractivity contribution is 5.84. The largest absolute Gasteiger partial charge is 0.480 e. The van der Waals surface area contributed by atoms with Crippen LogP contribution in [0.3, 0.4) is 0 Å². The average Bonchev–Trinajstić information content (AvgIpc) is 3.03. The summed E-state index contributed by atoms with van der Waals surface area (Å²) in [5.74, 6) is -1.01. The summed E-state index contributed by atoms with van der Waals surface area (Å²) in [6.45, 7) is -0.164. The van der Waals surface area contributed by atoms with Crippen LogP contribution in [-0.2, 0) is 16.1 Å². The summed E-state index contributed by atoms with van der Waals surface area (Å²) in [6, 6.07) is -0.775. The molecule has 3 unspecified atom stereocenters. The quantitative estimate of drug-likeness (QED) is 0.803. The molecule has 1 aromatic rings. The minimum atomic E-state index is -0.961. The Kier molecular flexibility index (Phi) is 3.52. The smallest absolute Gasteiger partial charge is 0.343 e. The summed E-state index contributed by atoms with van der Waals surface area (Å²) in [4.78, 5) is 36.9. The molecule has 3 atom stereocenters. The van der Waals surface area contributed by atoms with Crippen molar-refractivity contribution in [2.45, 2.75) is 50.7 Å². The van der Waals surface area contributed by atoms with Crippen LogP contribution in [0.4, 0.5) is 0 Å². The predicted octanol–water partition coefficient (Wildman–Crippen LogP) is -0.184. The van der Waals surface area contributed by atoms with Crippen molar-refractivity contribution in [2.24, 2.45) is 5.92 Å². The molecule has 8 heteroatoms. The van der Waals surface area contributed by atoms with E-state index in [-0.39, 0.29) is 24.4 Å². The van der Waals surface area contributed by atoms with Gasteiger partial charge in [0.25, 0.3) is 0 Å². The van der Waals surface area contributed by atoms with Gasteiger partial charge in [0.2, 0.25) is 5.91 Å². The summed E-state index contributed by atoms with van der Waals surface area (Å²) in [5.41, 5.74) is -0.463. The van der Waals surface area contributed by atoms with E-state index in [2.05, 4.69) is 10.2 Å². The Morgan fingerprint density at radius 1 is 1.38 bits per heavy atom. The van der Waals surface area contributed by atoms with Gasteiger partial charge in [-0.15, -0.1) is 0 Å². The number of nitrogens with zero attached hydrogens (tertiary/aromatic N) is 3. The first-order valence-corrected chi connectivity index (χ1v) is 7.21. The van der Waals surface area contributed by atoms with Crippen molar-refractivity contribution in [3.05, 3.63) is 16.8 Å². The van der Waals surface area contributed by atoms with Gasteiger partial charge in [-0.25, -0.2) is 14.7 Å². The SMILES string of the molecule is O=C(O)C1CC2CCCCC2N1C(=O)Cn1cn[nH]c1=O. The number of carbonyl (C=O) groups is 2. The van der Waals surface area contributed by atoms with Crippen LogP contribution in [-0.4, -0.2) is 48.7 Å². The van der Waals surface area contributed by atoms with Gasteiger partial charge in [0.15, 0.2) is 0 Å². The maximum absolute atomic E-state index is 12.5. The standard InChI is InChI=1S/C13H18N4O4/c18-11(6-16-7-14-15-13(16)21)17-9-4-2-1-3-8(9)5-10(17)12(19)20/h7-10H,1-6H2,(H,15,21)(H,19,20). The zero-order valence-corrected chi connectivity index (χ0v) is 11.6. The molecule has 1 aromatic heterocycles. The van der Waals surface area contributed by atoms with Crippen molar-refractivity contribution in [1.82, 2.24) is 19.7 Å². The number of hydrogen-bond donors (Lipinski definition) is 2. The summed E-state index contributed by atoms with van der Waals surface area (Å²) < 4.78 is 1.16. The fraction of sp³-hybridized carbons (Fsp3) is 0.692. The van der Waals surface area contributed by atoms with Crippen molar-refractivity contribution in [2.75, 3.05) is 0 Å². The molecule has 1 aliphatic carbocycles. The lowest BCUT2D eigenvalue weighted by Crippen LogP contribution is -2.48. The van der Waals surface area contributed by atoms with Crippen LogP contribution in [0.25, 0.3) is 0 Å². The van der Waals surface area contributed by atoms with Crippen LogP contribution in [0.15, 0.2) is 11.1 Å². The van der Waals surface area contributed by atoms with Gasteiger partial charge in [-0.1, -0.05) is 12.8 Å². The fourth-order valence-corrected chi connectivity index (χ4v) is 3.65. The number of carboxylic acids is 1. The molecule has 0 bridgehead atoms. The maximum atomic E-state index is 12.5. The molecule has 1 amide bonds. The van der Waals surface area contributed by atoms with Crippen LogP contribution in [0.5, 0.6) is 0 Å². The van der Waals surface area contributed by atoms with Crippen molar-refractivity contribution in [3.8, 4) is 0 Å². The minimum Gasteiger partial charge on any atom is -0.480 e. The Morgan fingerprint density at radius 2 is 2.14 bits per heavy atom. The monoisotopic (exact) mass is 294 g/mol. The lowest BCUT2D eigenvalue weighted by molar-refractivity contribution is -0.150. The van der Waals surface area contributed by atoms with Gasteiger partial charge < -0.3 is 10.0 Å². The Balaban J connectivity index is 1.82. The number of hydrogen-bond acceptors (Lipinski definition) is 4. The Hall–Kier alpha value is -2.12. The van der Waals surface area contributed by atoms with Gasteiger partial charge in [0, 0.05) is 6.04 Å². The van der Waals surface area contributed by atoms with E-state index in [4.69, 9.17) is 0 Å². The molecule has 2 fully saturated rings. The second-order valence-corrected chi connectivity index (χ2v) is 5.79. The average molecular weight is 294 g/mol. The van der Waals surface area contributed by atoms with Crippen molar-refractivity contribution >= 4 is 11.9 Å². The number of carbonyl (C=O) groups excluding carboxylic acids is 1.